The molecule has 6 nitrogen and oxygen atoms in total. The lowest BCUT2D eigenvalue weighted by Gasteiger charge is -2.19. The first kappa shape index (κ1) is 19.1. The molecule has 0 saturated heterocycles. The van der Waals surface area contributed by atoms with Crippen LogP contribution in [0.2, 0.25) is 0 Å². The lowest BCUT2D eigenvalue weighted by atomic mass is 10.1. The van der Waals surface area contributed by atoms with Crippen molar-refractivity contribution in [2.24, 2.45) is 5.73 Å². The topological polar surface area (TPSA) is 87.2 Å². The van der Waals surface area contributed by atoms with Crippen LogP contribution in [0, 0.1) is 13.8 Å². The van der Waals surface area contributed by atoms with Gasteiger partial charge in [0.05, 0.1) is 12.5 Å². The van der Waals surface area contributed by atoms with Crippen LogP contribution in [0.1, 0.15) is 41.2 Å². The molecule has 1 amide bonds. The molecule has 142 valence electrons. The molecule has 27 heavy (non-hydrogen) atoms. The van der Waals surface area contributed by atoms with Gasteiger partial charge in [0.1, 0.15) is 22.4 Å². The molecule has 1 atom stereocenters. The average Bonchev–Trinajstić information content (AvgIpc) is 2.92. The molecule has 1 aromatic carbocycles. The third-order valence-electron chi connectivity index (χ3n) is 4.86. The minimum Gasteiger partial charge on any atom is -0.497 e. The van der Waals surface area contributed by atoms with Crippen LogP contribution >= 0.6 is 11.3 Å². The third-order valence-corrected chi connectivity index (χ3v) is 5.96. The van der Waals surface area contributed by atoms with Gasteiger partial charge in [-0.1, -0.05) is 19.1 Å². The number of primary amides is 1. The van der Waals surface area contributed by atoms with Gasteiger partial charge in [-0.3, -0.25) is 14.2 Å². The number of aryl methyl sites for hydroxylation is 2. The summed E-state index contributed by atoms with van der Waals surface area (Å²) in [7, 11) is 1.61. The van der Waals surface area contributed by atoms with Crippen molar-refractivity contribution in [3.63, 3.8) is 0 Å². The van der Waals surface area contributed by atoms with Gasteiger partial charge in [-0.2, -0.15) is 0 Å². The van der Waals surface area contributed by atoms with E-state index in [1.807, 2.05) is 45.0 Å². The van der Waals surface area contributed by atoms with Gasteiger partial charge in [-0.25, -0.2) is 4.98 Å². The number of fused-ring (bicyclic) bond motifs is 1. The van der Waals surface area contributed by atoms with Crippen LogP contribution < -0.4 is 16.0 Å². The van der Waals surface area contributed by atoms with Gasteiger partial charge < -0.3 is 10.5 Å². The molecule has 0 aliphatic heterocycles. The van der Waals surface area contributed by atoms with Crippen molar-refractivity contribution in [3.8, 4) is 5.75 Å². The van der Waals surface area contributed by atoms with E-state index in [9.17, 15) is 9.59 Å². The van der Waals surface area contributed by atoms with Crippen molar-refractivity contribution in [1.82, 2.24) is 9.55 Å². The van der Waals surface area contributed by atoms with E-state index in [1.54, 1.807) is 7.11 Å². The Morgan fingerprint density at radius 3 is 2.52 bits per heavy atom. The highest BCUT2D eigenvalue weighted by atomic mass is 32.1. The van der Waals surface area contributed by atoms with E-state index in [2.05, 4.69) is 0 Å². The fourth-order valence-electron chi connectivity index (χ4n) is 3.23. The Morgan fingerprint density at radius 2 is 1.96 bits per heavy atom. The van der Waals surface area contributed by atoms with Gasteiger partial charge >= 0.3 is 0 Å². The van der Waals surface area contributed by atoms with Gasteiger partial charge in [0.2, 0.25) is 5.91 Å². The van der Waals surface area contributed by atoms with E-state index in [0.717, 1.165) is 21.8 Å². The highest BCUT2D eigenvalue weighted by Crippen LogP contribution is 2.28. The van der Waals surface area contributed by atoms with E-state index in [-0.39, 0.29) is 5.56 Å². The van der Waals surface area contributed by atoms with E-state index < -0.39 is 11.9 Å². The molecule has 0 radical (unpaired) electrons. The molecule has 0 saturated carbocycles. The summed E-state index contributed by atoms with van der Waals surface area (Å²) in [5.74, 6) is 0.776. The summed E-state index contributed by atoms with van der Waals surface area (Å²) in [5, 5.41) is 0.579. The number of carbonyl (C=O) groups excluding carboxylic acids is 1. The number of amides is 1. The minimum absolute atomic E-state index is 0.198. The van der Waals surface area contributed by atoms with Crippen molar-refractivity contribution in [3.05, 3.63) is 56.4 Å². The maximum absolute atomic E-state index is 13.3. The number of hydrogen-bond donors (Lipinski definition) is 1. The van der Waals surface area contributed by atoms with Crippen LogP contribution in [0.3, 0.4) is 0 Å². The number of nitrogens with two attached hydrogens (primary N) is 1. The molecule has 0 spiro atoms. The molecule has 3 aromatic rings. The number of benzene rings is 1. The van der Waals surface area contributed by atoms with Crippen molar-refractivity contribution in [2.75, 3.05) is 7.11 Å². The van der Waals surface area contributed by atoms with Gasteiger partial charge in [0.25, 0.3) is 5.56 Å². The van der Waals surface area contributed by atoms with Crippen molar-refractivity contribution >= 4 is 27.5 Å². The fourth-order valence-corrected chi connectivity index (χ4v) is 4.27. The largest absolute Gasteiger partial charge is 0.497 e. The van der Waals surface area contributed by atoms with Gasteiger partial charge in [-0.05, 0) is 43.5 Å². The zero-order valence-corrected chi connectivity index (χ0v) is 16.7. The van der Waals surface area contributed by atoms with Crippen LogP contribution in [-0.4, -0.2) is 22.6 Å². The zero-order valence-electron chi connectivity index (χ0n) is 15.9. The van der Waals surface area contributed by atoms with E-state index >= 15 is 0 Å². The average molecular weight is 385 g/mol. The predicted octanol–water partition coefficient (Wildman–Crippen LogP) is 3.11. The summed E-state index contributed by atoms with van der Waals surface area (Å²) < 4.78 is 6.67. The van der Waals surface area contributed by atoms with Crippen LogP contribution in [-0.2, 0) is 11.2 Å². The Bertz CT molecular complexity index is 1050. The molecule has 2 N–H and O–H groups in total. The highest BCUT2D eigenvalue weighted by Gasteiger charge is 2.24. The smallest absolute Gasteiger partial charge is 0.263 e. The lowest BCUT2D eigenvalue weighted by Crippen LogP contribution is -2.36. The molecular formula is C20H23N3O3S. The second-order valence-electron chi connectivity index (χ2n) is 6.52. The maximum Gasteiger partial charge on any atom is 0.263 e. The monoisotopic (exact) mass is 385 g/mol. The molecule has 0 fully saturated rings. The summed E-state index contributed by atoms with van der Waals surface area (Å²) in [6.07, 6.45) is 0.856. The number of methoxy groups -OCH3 is 1. The van der Waals surface area contributed by atoms with Crippen LogP contribution in [0.25, 0.3) is 10.2 Å². The van der Waals surface area contributed by atoms with E-state index in [1.165, 1.54) is 15.9 Å². The van der Waals surface area contributed by atoms with Crippen molar-refractivity contribution in [2.45, 2.75) is 39.7 Å². The van der Waals surface area contributed by atoms with Gasteiger partial charge in [0, 0.05) is 11.3 Å². The number of rotatable bonds is 6. The predicted molar refractivity (Wildman–Crippen MR) is 108 cm³/mol. The summed E-state index contributed by atoms with van der Waals surface area (Å²) in [6, 6.07) is 6.86. The number of carbonyl (C=O) groups is 1. The Labute approximate surface area is 161 Å². The van der Waals surface area contributed by atoms with Gasteiger partial charge in [-0.15, -0.1) is 11.3 Å². The second kappa shape index (κ2) is 7.52. The first-order valence-electron chi connectivity index (χ1n) is 8.80. The third kappa shape index (κ3) is 3.47. The maximum atomic E-state index is 13.3. The summed E-state index contributed by atoms with van der Waals surface area (Å²) in [6.45, 7) is 5.73. The fraction of sp³-hybridized carbons (Fsp3) is 0.350. The summed E-state index contributed by atoms with van der Waals surface area (Å²) in [4.78, 5) is 31.8. The molecule has 0 aliphatic rings. The molecule has 1 unspecified atom stereocenters. The lowest BCUT2D eigenvalue weighted by molar-refractivity contribution is -0.121. The number of hydrogen-bond acceptors (Lipinski definition) is 5. The zero-order chi connectivity index (χ0) is 19.7. The van der Waals surface area contributed by atoms with E-state index in [4.69, 9.17) is 15.5 Å². The van der Waals surface area contributed by atoms with Crippen molar-refractivity contribution in [1.29, 1.82) is 0 Å². The molecule has 2 aromatic heterocycles. The number of aromatic nitrogens is 2. The Morgan fingerprint density at radius 1 is 1.30 bits per heavy atom. The first-order chi connectivity index (χ1) is 12.9. The SMILES string of the molecule is CCC(C(N)=O)n1c(Cc2ccc(OC)cc2)nc2sc(C)c(C)c2c1=O. The molecule has 0 bridgehead atoms. The standard InChI is InChI=1S/C20H23N3O3S/c1-5-15(18(21)24)23-16(10-13-6-8-14(26-4)9-7-13)22-19-17(20(23)25)11(2)12(3)27-19/h6-9,15H,5,10H2,1-4H3,(H2,21,24). The number of thiophene rings is 1. The Hall–Kier alpha value is -2.67. The normalized spacial score (nSPS) is 12.3. The van der Waals surface area contributed by atoms with Crippen molar-refractivity contribution < 1.29 is 9.53 Å². The minimum atomic E-state index is -0.720. The van der Waals surface area contributed by atoms with Crippen LogP contribution in [0.15, 0.2) is 29.1 Å². The summed E-state index contributed by atoms with van der Waals surface area (Å²) in [5.41, 5.74) is 7.28. The second-order valence-corrected chi connectivity index (χ2v) is 7.72. The highest BCUT2D eigenvalue weighted by molar-refractivity contribution is 7.18. The van der Waals surface area contributed by atoms with Crippen LogP contribution in [0.5, 0.6) is 5.75 Å². The molecule has 0 aliphatic carbocycles. The molecule has 3 rings (SSSR count). The Kier molecular flexibility index (Phi) is 5.32. The number of ether oxygens (including phenoxy) is 1. The van der Waals surface area contributed by atoms with Gasteiger partial charge in [0.15, 0.2) is 0 Å². The number of nitrogens with zero attached hydrogens (tertiary/aromatic N) is 2. The Balaban J connectivity index is 2.22. The quantitative estimate of drug-likeness (QED) is 0.706. The molecule has 7 heteroatoms. The van der Waals surface area contributed by atoms with E-state index in [0.29, 0.717) is 28.9 Å². The molecule has 2 heterocycles. The summed E-state index contributed by atoms with van der Waals surface area (Å²) >= 11 is 1.50. The van der Waals surface area contributed by atoms with Crippen LogP contribution in [0.4, 0.5) is 0 Å². The first-order valence-corrected chi connectivity index (χ1v) is 9.62. The molecular weight excluding hydrogens is 362 g/mol.